The van der Waals surface area contributed by atoms with Crippen LogP contribution in [0.15, 0.2) is 54.6 Å². The number of rotatable bonds is 4. The van der Waals surface area contributed by atoms with Crippen LogP contribution in [0.1, 0.15) is 24.8 Å². The van der Waals surface area contributed by atoms with Crippen molar-refractivity contribution >= 4 is 5.97 Å². The molecule has 1 N–H and O–H groups in total. The first-order valence-corrected chi connectivity index (χ1v) is 6.78. The maximum Gasteiger partial charge on any atom is 0.314 e. The average molecular weight is 268 g/mol. The Morgan fingerprint density at radius 3 is 2.05 bits per heavy atom. The van der Waals surface area contributed by atoms with E-state index in [1.54, 1.807) is 0 Å². The summed E-state index contributed by atoms with van der Waals surface area (Å²) in [6, 6.07) is 16.9. The predicted molar refractivity (Wildman–Crippen MR) is 76.1 cm³/mol. The number of carboxylic acid groups (broad SMARTS) is 1. The molecule has 0 heterocycles. The summed E-state index contributed by atoms with van der Waals surface area (Å²) in [4.78, 5) is 11.4. The zero-order chi connectivity index (χ0) is 14.0. The molecule has 0 unspecified atom stereocenters. The fourth-order valence-corrected chi connectivity index (χ4v) is 2.62. The van der Waals surface area contributed by atoms with E-state index in [9.17, 15) is 9.90 Å². The molecule has 0 bridgehead atoms. The third kappa shape index (κ3) is 2.16. The van der Waals surface area contributed by atoms with Crippen molar-refractivity contribution in [2.75, 3.05) is 0 Å². The van der Waals surface area contributed by atoms with Crippen LogP contribution in [0.3, 0.4) is 0 Å². The predicted octanol–water partition coefficient (Wildman–Crippen LogP) is 3.99. The van der Waals surface area contributed by atoms with Gasteiger partial charge in [0.2, 0.25) is 0 Å². The molecular formula is C17H16O3. The molecule has 1 aliphatic rings. The number of hydrogen-bond acceptors (Lipinski definition) is 2. The van der Waals surface area contributed by atoms with Crippen molar-refractivity contribution in [3.63, 3.8) is 0 Å². The highest BCUT2D eigenvalue weighted by molar-refractivity contribution is 5.82. The summed E-state index contributed by atoms with van der Waals surface area (Å²) < 4.78 is 5.71. The zero-order valence-electron chi connectivity index (χ0n) is 11.1. The van der Waals surface area contributed by atoms with E-state index in [0.717, 1.165) is 36.3 Å². The lowest BCUT2D eigenvalue weighted by Crippen LogP contribution is -2.42. The van der Waals surface area contributed by atoms with Crippen molar-refractivity contribution in [1.82, 2.24) is 0 Å². The number of benzene rings is 2. The van der Waals surface area contributed by atoms with Crippen molar-refractivity contribution < 1.29 is 14.6 Å². The minimum Gasteiger partial charge on any atom is -0.481 e. The summed E-state index contributed by atoms with van der Waals surface area (Å²) in [6.07, 6.45) is 2.43. The van der Waals surface area contributed by atoms with Gasteiger partial charge in [0.1, 0.15) is 11.5 Å². The van der Waals surface area contributed by atoms with Gasteiger partial charge in [-0.2, -0.15) is 0 Å². The van der Waals surface area contributed by atoms with Gasteiger partial charge in [0.25, 0.3) is 0 Å². The molecule has 20 heavy (non-hydrogen) atoms. The summed E-state index contributed by atoms with van der Waals surface area (Å²) in [7, 11) is 0. The molecule has 1 saturated carbocycles. The highest BCUT2D eigenvalue weighted by Gasteiger charge is 2.45. The van der Waals surface area contributed by atoms with Crippen molar-refractivity contribution in [3.8, 4) is 11.5 Å². The van der Waals surface area contributed by atoms with Crippen LogP contribution in [0, 0.1) is 0 Å². The van der Waals surface area contributed by atoms with Gasteiger partial charge >= 0.3 is 5.97 Å². The molecule has 0 atom stereocenters. The summed E-state index contributed by atoms with van der Waals surface area (Å²) in [6.45, 7) is 0. The van der Waals surface area contributed by atoms with Crippen molar-refractivity contribution in [2.24, 2.45) is 0 Å². The van der Waals surface area contributed by atoms with Gasteiger partial charge in [-0.15, -0.1) is 0 Å². The topological polar surface area (TPSA) is 46.5 Å². The molecule has 0 amide bonds. The van der Waals surface area contributed by atoms with Gasteiger partial charge in [-0.3, -0.25) is 4.79 Å². The molecule has 1 fully saturated rings. The van der Waals surface area contributed by atoms with Crippen LogP contribution in [0.5, 0.6) is 11.5 Å². The van der Waals surface area contributed by atoms with Crippen LogP contribution in [-0.2, 0) is 10.2 Å². The van der Waals surface area contributed by atoms with E-state index in [1.165, 1.54) is 0 Å². The van der Waals surface area contributed by atoms with Crippen LogP contribution in [-0.4, -0.2) is 11.1 Å². The zero-order valence-corrected chi connectivity index (χ0v) is 11.1. The summed E-state index contributed by atoms with van der Waals surface area (Å²) in [5, 5.41) is 9.41. The third-order valence-electron chi connectivity index (χ3n) is 4.00. The van der Waals surface area contributed by atoms with E-state index < -0.39 is 11.4 Å². The van der Waals surface area contributed by atoms with Crippen LogP contribution >= 0.6 is 0 Å². The lowest BCUT2D eigenvalue weighted by atomic mass is 9.64. The Morgan fingerprint density at radius 1 is 0.950 bits per heavy atom. The number of hydrogen-bond donors (Lipinski definition) is 1. The Labute approximate surface area is 117 Å². The fraction of sp³-hybridized carbons (Fsp3) is 0.235. The lowest BCUT2D eigenvalue weighted by Gasteiger charge is -2.38. The van der Waals surface area contributed by atoms with E-state index in [0.29, 0.717) is 0 Å². The highest BCUT2D eigenvalue weighted by atomic mass is 16.5. The fourth-order valence-electron chi connectivity index (χ4n) is 2.62. The minimum absolute atomic E-state index is 0.675. The first kappa shape index (κ1) is 12.7. The average Bonchev–Trinajstić information content (AvgIpc) is 2.40. The molecule has 0 radical (unpaired) electrons. The molecule has 1 aliphatic carbocycles. The van der Waals surface area contributed by atoms with Gasteiger partial charge in [0.15, 0.2) is 0 Å². The number of carbonyl (C=O) groups is 1. The van der Waals surface area contributed by atoms with Gasteiger partial charge in [-0.25, -0.2) is 0 Å². The van der Waals surface area contributed by atoms with Gasteiger partial charge < -0.3 is 9.84 Å². The second-order valence-corrected chi connectivity index (χ2v) is 5.18. The van der Waals surface area contributed by atoms with Gasteiger partial charge in [-0.05, 0) is 42.7 Å². The Hall–Kier alpha value is -2.29. The molecule has 0 saturated heterocycles. The molecule has 102 valence electrons. The van der Waals surface area contributed by atoms with Crippen LogP contribution in [0.2, 0.25) is 0 Å². The van der Waals surface area contributed by atoms with E-state index in [2.05, 4.69) is 0 Å². The van der Waals surface area contributed by atoms with E-state index >= 15 is 0 Å². The van der Waals surface area contributed by atoms with Gasteiger partial charge in [-0.1, -0.05) is 36.8 Å². The summed E-state index contributed by atoms with van der Waals surface area (Å²) in [5.74, 6) is 0.775. The third-order valence-corrected chi connectivity index (χ3v) is 4.00. The lowest BCUT2D eigenvalue weighted by molar-refractivity contribution is -0.147. The molecule has 3 nitrogen and oxygen atoms in total. The monoisotopic (exact) mass is 268 g/mol. The SMILES string of the molecule is O=C(O)C1(c2ccc(Oc3ccccc3)cc2)CCC1. The van der Waals surface area contributed by atoms with Crippen LogP contribution in [0.25, 0.3) is 0 Å². The molecule has 0 aromatic heterocycles. The smallest absolute Gasteiger partial charge is 0.314 e. The number of ether oxygens (including phenoxy) is 1. The first-order valence-electron chi connectivity index (χ1n) is 6.78. The Kier molecular flexibility index (Phi) is 3.18. The molecule has 3 rings (SSSR count). The van der Waals surface area contributed by atoms with E-state index in [-0.39, 0.29) is 0 Å². The minimum atomic E-state index is -0.722. The molecule has 2 aromatic carbocycles. The highest BCUT2D eigenvalue weighted by Crippen LogP contribution is 2.44. The standard InChI is InChI=1S/C17H16O3/c18-16(19)17(11-4-12-17)13-7-9-15(10-8-13)20-14-5-2-1-3-6-14/h1-3,5-10H,4,11-12H2,(H,18,19). The van der Waals surface area contributed by atoms with Crippen LogP contribution in [0.4, 0.5) is 0 Å². The van der Waals surface area contributed by atoms with E-state index in [4.69, 9.17) is 4.74 Å². The number of aliphatic carboxylic acids is 1. The molecular weight excluding hydrogens is 252 g/mol. The van der Waals surface area contributed by atoms with Crippen LogP contribution < -0.4 is 4.74 Å². The second kappa shape index (κ2) is 5.00. The van der Waals surface area contributed by atoms with Gasteiger partial charge in [0.05, 0.1) is 5.41 Å². The maximum atomic E-state index is 11.4. The Balaban J connectivity index is 1.80. The molecule has 0 spiro atoms. The number of para-hydroxylation sites is 1. The Bertz CT molecular complexity index is 598. The second-order valence-electron chi connectivity index (χ2n) is 5.18. The number of carboxylic acids is 1. The largest absolute Gasteiger partial charge is 0.481 e. The summed E-state index contributed by atoms with van der Waals surface area (Å²) >= 11 is 0. The van der Waals surface area contributed by atoms with Gasteiger partial charge in [0, 0.05) is 0 Å². The summed E-state index contributed by atoms with van der Waals surface area (Å²) in [5.41, 5.74) is 0.197. The van der Waals surface area contributed by atoms with Crippen molar-refractivity contribution in [1.29, 1.82) is 0 Å². The molecule has 2 aromatic rings. The molecule has 3 heteroatoms. The first-order chi connectivity index (χ1) is 9.71. The van der Waals surface area contributed by atoms with Crippen molar-refractivity contribution in [3.05, 3.63) is 60.2 Å². The normalized spacial score (nSPS) is 16.2. The van der Waals surface area contributed by atoms with Crippen molar-refractivity contribution in [2.45, 2.75) is 24.7 Å². The van der Waals surface area contributed by atoms with E-state index in [1.807, 2.05) is 54.6 Å². The molecule has 0 aliphatic heterocycles. The quantitative estimate of drug-likeness (QED) is 0.912. The maximum absolute atomic E-state index is 11.4. The Morgan fingerprint density at radius 2 is 1.55 bits per heavy atom.